The highest BCUT2D eigenvalue weighted by molar-refractivity contribution is 7.89. The maximum absolute atomic E-state index is 12.6. The van der Waals surface area contributed by atoms with Crippen molar-refractivity contribution in [3.63, 3.8) is 0 Å². The fraction of sp³-hybridized carbons (Fsp3) is 0.409. The van der Waals surface area contributed by atoms with Crippen LogP contribution >= 0.6 is 0 Å². The fourth-order valence-electron chi connectivity index (χ4n) is 3.42. The molecule has 0 aromatic heterocycles. The molecule has 1 atom stereocenters. The van der Waals surface area contributed by atoms with Gasteiger partial charge in [-0.3, -0.25) is 4.79 Å². The molecule has 1 unspecified atom stereocenters. The van der Waals surface area contributed by atoms with Crippen molar-refractivity contribution in [1.29, 1.82) is 0 Å². The number of amides is 1. The Kier molecular flexibility index (Phi) is 7.89. The minimum atomic E-state index is -3.72. The van der Waals surface area contributed by atoms with Crippen LogP contribution in [0.3, 0.4) is 0 Å². The Bertz CT molecular complexity index is 981. The topological polar surface area (TPSA) is 94.2 Å². The van der Waals surface area contributed by atoms with E-state index in [-0.39, 0.29) is 29.9 Å². The Labute approximate surface area is 183 Å². The molecule has 1 aliphatic heterocycles. The first-order valence-electron chi connectivity index (χ1n) is 10.1. The summed E-state index contributed by atoms with van der Waals surface area (Å²) < 4.78 is 43.7. The molecular weight excluding hydrogens is 420 g/mol. The molecule has 168 valence electrons. The predicted molar refractivity (Wildman–Crippen MR) is 116 cm³/mol. The van der Waals surface area contributed by atoms with Gasteiger partial charge >= 0.3 is 0 Å². The minimum absolute atomic E-state index is 0.00505. The summed E-state index contributed by atoms with van der Waals surface area (Å²) >= 11 is 0. The number of nitrogens with one attached hydrogen (secondary N) is 1. The van der Waals surface area contributed by atoms with Gasteiger partial charge in [-0.25, -0.2) is 13.1 Å². The maximum atomic E-state index is 12.6. The van der Waals surface area contributed by atoms with Crippen LogP contribution in [0.1, 0.15) is 24.5 Å². The number of hydrogen-bond acceptors (Lipinski definition) is 6. The number of nitrogens with zero attached hydrogens (tertiary/aromatic N) is 1. The van der Waals surface area contributed by atoms with Crippen molar-refractivity contribution in [2.24, 2.45) is 0 Å². The molecule has 0 saturated carbocycles. The van der Waals surface area contributed by atoms with E-state index in [4.69, 9.17) is 14.2 Å². The lowest BCUT2D eigenvalue weighted by Crippen LogP contribution is -2.42. The second-order valence-electron chi connectivity index (χ2n) is 7.13. The molecule has 1 saturated heterocycles. The van der Waals surface area contributed by atoms with Gasteiger partial charge in [-0.1, -0.05) is 30.3 Å². The normalized spacial score (nSPS) is 16.7. The van der Waals surface area contributed by atoms with Gasteiger partial charge < -0.3 is 19.1 Å². The van der Waals surface area contributed by atoms with Crippen LogP contribution in [-0.4, -0.2) is 59.7 Å². The summed E-state index contributed by atoms with van der Waals surface area (Å²) in [4.78, 5) is 14.4. The number of sulfonamides is 1. The van der Waals surface area contributed by atoms with Crippen LogP contribution in [0.5, 0.6) is 11.5 Å². The van der Waals surface area contributed by atoms with Gasteiger partial charge in [0, 0.05) is 25.6 Å². The molecule has 2 aromatic rings. The van der Waals surface area contributed by atoms with Gasteiger partial charge in [0.15, 0.2) is 11.5 Å². The Hall–Kier alpha value is -2.62. The summed E-state index contributed by atoms with van der Waals surface area (Å²) in [6.07, 6.45) is 0.525. The average Bonchev–Trinajstić information content (AvgIpc) is 2.81. The highest BCUT2D eigenvalue weighted by atomic mass is 32.2. The molecular formula is C22H28N2O6S. The van der Waals surface area contributed by atoms with Crippen LogP contribution in [0.2, 0.25) is 0 Å². The summed E-state index contributed by atoms with van der Waals surface area (Å²) in [6.45, 7) is 1.69. The van der Waals surface area contributed by atoms with E-state index in [1.807, 2.05) is 30.3 Å². The highest BCUT2D eigenvalue weighted by Crippen LogP contribution is 2.29. The molecule has 1 amide bonds. The van der Waals surface area contributed by atoms with E-state index in [1.165, 1.54) is 26.4 Å². The van der Waals surface area contributed by atoms with Crippen molar-refractivity contribution in [2.45, 2.75) is 23.8 Å². The quantitative estimate of drug-likeness (QED) is 0.592. The number of morpholine rings is 1. The first-order chi connectivity index (χ1) is 14.9. The maximum Gasteiger partial charge on any atom is 0.240 e. The van der Waals surface area contributed by atoms with Gasteiger partial charge in [0.05, 0.1) is 32.3 Å². The van der Waals surface area contributed by atoms with Crippen molar-refractivity contribution in [2.75, 3.05) is 40.5 Å². The molecule has 0 spiro atoms. The fourth-order valence-corrected chi connectivity index (χ4v) is 4.51. The SMILES string of the molecule is COc1ccc(S(=O)(=O)NCCCC(=O)N2CCOC(c3ccccc3)C2)cc1OC. The molecule has 0 radical (unpaired) electrons. The number of ether oxygens (including phenoxy) is 3. The van der Waals surface area contributed by atoms with Gasteiger partial charge in [-0.05, 0) is 24.1 Å². The lowest BCUT2D eigenvalue weighted by molar-refractivity contribution is -0.139. The number of hydrogen-bond donors (Lipinski definition) is 1. The number of carbonyl (C=O) groups is 1. The van der Waals surface area contributed by atoms with E-state index in [1.54, 1.807) is 11.0 Å². The van der Waals surface area contributed by atoms with E-state index < -0.39 is 10.0 Å². The summed E-state index contributed by atoms with van der Waals surface area (Å²) in [5, 5.41) is 0. The zero-order valence-electron chi connectivity index (χ0n) is 17.7. The largest absolute Gasteiger partial charge is 0.493 e. The molecule has 3 rings (SSSR count). The Morgan fingerprint density at radius 3 is 2.58 bits per heavy atom. The summed E-state index contributed by atoms with van der Waals surface area (Å²) in [5.41, 5.74) is 1.04. The van der Waals surface area contributed by atoms with Crippen molar-refractivity contribution in [3.05, 3.63) is 54.1 Å². The van der Waals surface area contributed by atoms with Crippen LogP contribution in [0.4, 0.5) is 0 Å². The van der Waals surface area contributed by atoms with Gasteiger partial charge in [-0.2, -0.15) is 0 Å². The van der Waals surface area contributed by atoms with Gasteiger partial charge in [0.25, 0.3) is 0 Å². The first-order valence-corrected chi connectivity index (χ1v) is 11.6. The number of methoxy groups -OCH3 is 2. The predicted octanol–water partition coefficient (Wildman–Crippen LogP) is 2.36. The summed E-state index contributed by atoms with van der Waals surface area (Å²) in [5.74, 6) is 0.779. The second kappa shape index (κ2) is 10.6. The molecule has 0 aliphatic carbocycles. The van der Waals surface area contributed by atoms with Crippen LogP contribution < -0.4 is 14.2 Å². The van der Waals surface area contributed by atoms with Gasteiger partial charge in [0.1, 0.15) is 6.10 Å². The monoisotopic (exact) mass is 448 g/mol. The molecule has 2 aromatic carbocycles. The smallest absolute Gasteiger partial charge is 0.240 e. The minimum Gasteiger partial charge on any atom is -0.493 e. The lowest BCUT2D eigenvalue weighted by atomic mass is 10.1. The Morgan fingerprint density at radius 1 is 1.13 bits per heavy atom. The molecule has 1 fully saturated rings. The molecule has 31 heavy (non-hydrogen) atoms. The van der Waals surface area contributed by atoms with Crippen LogP contribution in [0.25, 0.3) is 0 Å². The lowest BCUT2D eigenvalue weighted by Gasteiger charge is -2.33. The Balaban J connectivity index is 1.49. The number of carbonyl (C=O) groups excluding carboxylic acids is 1. The highest BCUT2D eigenvalue weighted by Gasteiger charge is 2.25. The molecule has 9 heteroatoms. The zero-order valence-corrected chi connectivity index (χ0v) is 18.6. The first kappa shape index (κ1) is 23.1. The molecule has 1 heterocycles. The molecule has 0 bridgehead atoms. The third-order valence-corrected chi connectivity index (χ3v) is 6.57. The summed E-state index contributed by atoms with van der Waals surface area (Å²) in [6, 6.07) is 14.2. The van der Waals surface area contributed by atoms with Crippen molar-refractivity contribution in [3.8, 4) is 11.5 Å². The van der Waals surface area contributed by atoms with Crippen molar-refractivity contribution < 1.29 is 27.4 Å². The van der Waals surface area contributed by atoms with Gasteiger partial charge in [-0.15, -0.1) is 0 Å². The Morgan fingerprint density at radius 2 is 1.87 bits per heavy atom. The zero-order chi connectivity index (χ0) is 22.3. The van der Waals surface area contributed by atoms with Crippen LogP contribution in [0, 0.1) is 0 Å². The van der Waals surface area contributed by atoms with Crippen molar-refractivity contribution >= 4 is 15.9 Å². The number of rotatable bonds is 9. The van der Waals surface area contributed by atoms with Crippen molar-refractivity contribution in [1.82, 2.24) is 9.62 Å². The van der Waals surface area contributed by atoms with E-state index in [9.17, 15) is 13.2 Å². The average molecular weight is 449 g/mol. The standard InChI is InChI=1S/C22H28N2O6S/c1-28-19-11-10-18(15-20(19)29-2)31(26,27)23-12-6-9-22(25)24-13-14-30-21(16-24)17-7-4-3-5-8-17/h3-5,7-8,10-11,15,21,23H,6,9,12-14,16H2,1-2H3. The van der Waals surface area contributed by atoms with Gasteiger partial charge in [0.2, 0.25) is 15.9 Å². The van der Waals surface area contributed by atoms with E-state index in [0.29, 0.717) is 37.6 Å². The number of benzene rings is 2. The third kappa shape index (κ3) is 5.96. The van der Waals surface area contributed by atoms with Crippen LogP contribution in [0.15, 0.2) is 53.4 Å². The van der Waals surface area contributed by atoms with E-state index in [2.05, 4.69) is 4.72 Å². The summed E-state index contributed by atoms with van der Waals surface area (Å²) in [7, 11) is -0.786. The van der Waals surface area contributed by atoms with E-state index >= 15 is 0 Å². The molecule has 1 aliphatic rings. The third-order valence-electron chi connectivity index (χ3n) is 5.12. The van der Waals surface area contributed by atoms with E-state index in [0.717, 1.165) is 5.56 Å². The molecule has 8 nitrogen and oxygen atoms in total. The second-order valence-corrected chi connectivity index (χ2v) is 8.89. The van der Waals surface area contributed by atoms with Crippen LogP contribution in [-0.2, 0) is 19.6 Å². The molecule has 1 N–H and O–H groups in total.